The number of anilines is 1. The number of hydrogen-bond donors (Lipinski definition) is 4. The maximum Gasteiger partial charge on any atom is 0.325 e. The second kappa shape index (κ2) is 11.3. The molecule has 198 valence electrons. The van der Waals surface area contributed by atoms with Crippen LogP contribution in [0.1, 0.15) is 56.2 Å². The summed E-state index contributed by atoms with van der Waals surface area (Å²) in [6.45, 7) is 3.21. The molecule has 2 aromatic carbocycles. The number of benzene rings is 2. The zero-order chi connectivity index (χ0) is 26.7. The molecule has 1 aliphatic carbocycles. The molecule has 0 spiro atoms. The zero-order valence-electron chi connectivity index (χ0n) is 20.8. The van der Waals surface area contributed by atoms with E-state index in [1.54, 1.807) is 30.3 Å². The molecule has 9 nitrogen and oxygen atoms in total. The molecule has 1 unspecified atom stereocenters. The molecule has 0 aromatic heterocycles. The van der Waals surface area contributed by atoms with Crippen LogP contribution in [-0.2, 0) is 9.59 Å². The van der Waals surface area contributed by atoms with Gasteiger partial charge in [0.25, 0.3) is 5.91 Å². The molecule has 10 heteroatoms. The lowest BCUT2D eigenvalue weighted by molar-refractivity contribution is -0.134. The van der Waals surface area contributed by atoms with Crippen molar-refractivity contribution in [2.45, 2.75) is 57.2 Å². The van der Waals surface area contributed by atoms with Gasteiger partial charge in [0.2, 0.25) is 5.91 Å². The van der Waals surface area contributed by atoms with E-state index < -0.39 is 48.5 Å². The normalized spacial score (nSPS) is 19.1. The van der Waals surface area contributed by atoms with Crippen molar-refractivity contribution in [3.8, 4) is 5.75 Å². The third-order valence-corrected chi connectivity index (χ3v) is 6.45. The van der Waals surface area contributed by atoms with Crippen LogP contribution in [0.2, 0.25) is 0 Å². The van der Waals surface area contributed by atoms with E-state index in [0.717, 1.165) is 23.3 Å². The lowest BCUT2D eigenvalue weighted by atomic mass is 10.0. The van der Waals surface area contributed by atoms with Gasteiger partial charge < -0.3 is 25.6 Å². The van der Waals surface area contributed by atoms with E-state index in [-0.39, 0.29) is 24.6 Å². The molecule has 2 aliphatic rings. The summed E-state index contributed by atoms with van der Waals surface area (Å²) in [6, 6.07) is 8.26. The first-order chi connectivity index (χ1) is 17.7. The largest absolute Gasteiger partial charge is 0.491 e. The Hall–Kier alpha value is -3.50. The minimum atomic E-state index is -1.12. The first-order valence-corrected chi connectivity index (χ1v) is 12.4. The maximum atomic E-state index is 14.7. The summed E-state index contributed by atoms with van der Waals surface area (Å²) >= 11 is 0. The van der Waals surface area contributed by atoms with Crippen LogP contribution in [0.25, 0.3) is 0 Å². The van der Waals surface area contributed by atoms with Gasteiger partial charge in [0.1, 0.15) is 36.4 Å². The van der Waals surface area contributed by atoms with Gasteiger partial charge in [-0.15, -0.1) is 0 Å². The molecule has 0 bridgehead atoms. The number of urea groups is 1. The van der Waals surface area contributed by atoms with Gasteiger partial charge in [-0.2, -0.15) is 0 Å². The highest BCUT2D eigenvalue weighted by molar-refractivity contribution is 6.09. The average molecular weight is 514 g/mol. The van der Waals surface area contributed by atoms with Gasteiger partial charge in [0.15, 0.2) is 0 Å². The SMILES string of the molecule is CC(C)CC(C(=O)Nc1ccc(C2CC2)cc1F)N1C(=O)N[C@H](c2ccc(OC[C@@H](O)CO)cc2)C1=O. The lowest BCUT2D eigenvalue weighted by Crippen LogP contribution is -2.48. The number of halogens is 1. The van der Waals surface area contributed by atoms with Gasteiger partial charge in [-0.05, 0) is 66.5 Å². The highest BCUT2D eigenvalue weighted by atomic mass is 19.1. The number of rotatable bonds is 11. The molecule has 1 saturated carbocycles. The second-order valence-electron chi connectivity index (χ2n) is 9.96. The first kappa shape index (κ1) is 26.6. The number of imide groups is 1. The topological polar surface area (TPSA) is 128 Å². The van der Waals surface area contributed by atoms with E-state index in [1.807, 2.05) is 13.8 Å². The van der Waals surface area contributed by atoms with Gasteiger partial charge in [0.05, 0.1) is 12.3 Å². The molecule has 2 aromatic rings. The summed E-state index contributed by atoms with van der Waals surface area (Å²) in [5.74, 6) is -1.02. The predicted molar refractivity (Wildman–Crippen MR) is 133 cm³/mol. The van der Waals surface area contributed by atoms with E-state index in [9.17, 15) is 23.9 Å². The smallest absolute Gasteiger partial charge is 0.325 e. The predicted octanol–water partition coefficient (Wildman–Crippen LogP) is 3.08. The first-order valence-electron chi connectivity index (χ1n) is 12.4. The fourth-order valence-corrected chi connectivity index (χ4v) is 4.31. The minimum absolute atomic E-state index is 0.00802. The average Bonchev–Trinajstić information content (AvgIpc) is 3.68. The number of carbonyl (C=O) groups excluding carboxylic acids is 3. The molecule has 1 saturated heterocycles. The Kier molecular flexibility index (Phi) is 8.09. The fourth-order valence-electron chi connectivity index (χ4n) is 4.31. The van der Waals surface area contributed by atoms with Gasteiger partial charge >= 0.3 is 6.03 Å². The van der Waals surface area contributed by atoms with Gasteiger partial charge in [-0.1, -0.05) is 32.0 Å². The number of ether oxygens (including phenoxy) is 1. The number of carbonyl (C=O) groups is 3. The Morgan fingerprint density at radius 3 is 2.43 bits per heavy atom. The van der Waals surface area contributed by atoms with E-state index in [0.29, 0.717) is 17.2 Å². The third-order valence-electron chi connectivity index (χ3n) is 6.45. The van der Waals surface area contributed by atoms with Crippen LogP contribution in [-0.4, -0.2) is 58.3 Å². The lowest BCUT2D eigenvalue weighted by Gasteiger charge is -2.26. The molecule has 3 atom stereocenters. The van der Waals surface area contributed by atoms with Crippen LogP contribution in [0.4, 0.5) is 14.9 Å². The van der Waals surface area contributed by atoms with Crippen LogP contribution >= 0.6 is 0 Å². The van der Waals surface area contributed by atoms with Crippen molar-refractivity contribution in [2.75, 3.05) is 18.5 Å². The molecule has 4 amide bonds. The molecule has 4 N–H and O–H groups in total. The number of nitrogens with zero attached hydrogens (tertiary/aromatic N) is 1. The van der Waals surface area contributed by atoms with Crippen molar-refractivity contribution in [2.24, 2.45) is 5.92 Å². The zero-order valence-corrected chi connectivity index (χ0v) is 20.8. The van der Waals surface area contributed by atoms with Crippen LogP contribution in [0.15, 0.2) is 42.5 Å². The summed E-state index contributed by atoms with van der Waals surface area (Å²) in [4.78, 5) is 40.4. The van der Waals surface area contributed by atoms with E-state index >= 15 is 0 Å². The summed E-state index contributed by atoms with van der Waals surface area (Å²) in [6.07, 6.45) is 1.24. The Balaban J connectivity index is 1.48. The van der Waals surface area contributed by atoms with Crippen LogP contribution < -0.4 is 15.4 Å². The molecule has 1 heterocycles. The van der Waals surface area contributed by atoms with Crippen molar-refractivity contribution < 1.29 is 33.7 Å². The van der Waals surface area contributed by atoms with Crippen LogP contribution in [0.3, 0.4) is 0 Å². The van der Waals surface area contributed by atoms with E-state index in [2.05, 4.69) is 10.6 Å². The standard InChI is InChI=1S/C27H32FN3O6/c1-15(2)11-23(25(34)29-22-10-7-18(12-21(22)28)16-3-4-16)31-26(35)24(30-27(31)36)17-5-8-20(9-6-17)37-14-19(33)13-32/h5-10,12,15-16,19,23-24,32-33H,3-4,11,13-14H2,1-2H3,(H,29,34)(H,30,36)/t19-,23?,24+/m0/s1. The van der Waals surface area contributed by atoms with Crippen molar-refractivity contribution >= 4 is 23.5 Å². The van der Waals surface area contributed by atoms with Crippen molar-refractivity contribution in [3.05, 3.63) is 59.4 Å². The van der Waals surface area contributed by atoms with Gasteiger partial charge in [0, 0.05) is 0 Å². The van der Waals surface area contributed by atoms with Crippen molar-refractivity contribution in [1.29, 1.82) is 0 Å². The summed E-state index contributed by atoms with van der Waals surface area (Å²) in [5, 5.41) is 23.5. The Bertz CT molecular complexity index is 1150. The molecular formula is C27H32FN3O6. The molecule has 1 aliphatic heterocycles. The Morgan fingerprint density at radius 2 is 1.84 bits per heavy atom. The molecule has 0 radical (unpaired) electrons. The summed E-state index contributed by atoms with van der Waals surface area (Å²) in [5.41, 5.74) is 1.39. The van der Waals surface area contributed by atoms with Crippen molar-refractivity contribution in [1.82, 2.24) is 10.2 Å². The number of aliphatic hydroxyl groups excluding tert-OH is 2. The second-order valence-corrected chi connectivity index (χ2v) is 9.96. The van der Waals surface area contributed by atoms with Gasteiger partial charge in [-0.3, -0.25) is 9.59 Å². The van der Waals surface area contributed by atoms with Crippen LogP contribution in [0.5, 0.6) is 5.75 Å². The molecule has 4 rings (SSSR count). The highest BCUT2D eigenvalue weighted by Gasteiger charge is 2.45. The number of hydrogen-bond acceptors (Lipinski definition) is 6. The van der Waals surface area contributed by atoms with Crippen molar-refractivity contribution in [3.63, 3.8) is 0 Å². The summed E-state index contributed by atoms with van der Waals surface area (Å²) in [7, 11) is 0. The number of aliphatic hydroxyl groups is 2. The number of nitrogens with one attached hydrogen (secondary N) is 2. The molecular weight excluding hydrogens is 481 g/mol. The van der Waals surface area contributed by atoms with E-state index in [4.69, 9.17) is 9.84 Å². The maximum absolute atomic E-state index is 14.7. The monoisotopic (exact) mass is 513 g/mol. The summed E-state index contributed by atoms with van der Waals surface area (Å²) < 4.78 is 20.1. The fraction of sp³-hybridized carbons (Fsp3) is 0.444. The molecule has 37 heavy (non-hydrogen) atoms. The quantitative estimate of drug-likeness (QED) is 0.342. The van der Waals surface area contributed by atoms with E-state index in [1.165, 1.54) is 12.1 Å². The Morgan fingerprint density at radius 1 is 1.16 bits per heavy atom. The third kappa shape index (κ3) is 6.26. The Labute approximate surface area is 214 Å². The van der Waals surface area contributed by atoms with Gasteiger partial charge in [-0.25, -0.2) is 14.1 Å². The highest BCUT2D eigenvalue weighted by Crippen LogP contribution is 2.40. The minimum Gasteiger partial charge on any atom is -0.491 e. The molecule has 2 fully saturated rings. The number of amides is 4. The van der Waals surface area contributed by atoms with Crippen LogP contribution in [0, 0.1) is 11.7 Å².